The van der Waals surface area contributed by atoms with Crippen LogP contribution >= 0.6 is 12.6 Å². The number of nitrogens with zero attached hydrogens (tertiary/aromatic N) is 3. The molecular weight excluding hydrogens is 162 g/mol. The number of aromatic nitrogens is 3. The molecule has 0 bridgehead atoms. The van der Waals surface area contributed by atoms with Crippen molar-refractivity contribution < 1.29 is 5.11 Å². The Morgan fingerprint density at radius 2 is 2.45 bits per heavy atom. The standard InChI is InChI=1S/C6H11N3OS/c1-5(11)6(10)2-9-4-7-3-8-9/h3-6,10-11H,2H2,1H3. The predicted octanol–water partition coefficient (Wildman–Crippen LogP) is -0.0427. The second kappa shape index (κ2) is 3.73. The Hall–Kier alpha value is -0.550. The summed E-state index contributed by atoms with van der Waals surface area (Å²) in [6, 6.07) is 0. The summed E-state index contributed by atoms with van der Waals surface area (Å²) < 4.78 is 1.58. The molecule has 4 nitrogen and oxygen atoms in total. The van der Waals surface area contributed by atoms with Gasteiger partial charge in [0.15, 0.2) is 0 Å². The zero-order valence-corrected chi connectivity index (χ0v) is 7.15. The number of hydrogen-bond donors (Lipinski definition) is 2. The second-order valence-corrected chi connectivity index (χ2v) is 3.24. The van der Waals surface area contributed by atoms with E-state index >= 15 is 0 Å². The smallest absolute Gasteiger partial charge is 0.137 e. The van der Waals surface area contributed by atoms with Crippen molar-refractivity contribution in [2.45, 2.75) is 24.8 Å². The van der Waals surface area contributed by atoms with Crippen LogP contribution in [0.5, 0.6) is 0 Å². The van der Waals surface area contributed by atoms with Crippen molar-refractivity contribution in [1.82, 2.24) is 14.8 Å². The van der Waals surface area contributed by atoms with Crippen LogP contribution in [0.1, 0.15) is 6.92 Å². The molecule has 1 aromatic heterocycles. The van der Waals surface area contributed by atoms with Crippen LogP contribution in [0.3, 0.4) is 0 Å². The van der Waals surface area contributed by atoms with Gasteiger partial charge in [-0.05, 0) is 0 Å². The maximum Gasteiger partial charge on any atom is 0.137 e. The van der Waals surface area contributed by atoms with Gasteiger partial charge in [0.1, 0.15) is 12.7 Å². The van der Waals surface area contributed by atoms with E-state index in [2.05, 4.69) is 22.7 Å². The Morgan fingerprint density at radius 3 is 2.91 bits per heavy atom. The van der Waals surface area contributed by atoms with Gasteiger partial charge in [0, 0.05) is 5.25 Å². The van der Waals surface area contributed by atoms with Crippen LogP contribution in [0.25, 0.3) is 0 Å². The summed E-state index contributed by atoms with van der Waals surface area (Å²) >= 11 is 4.09. The van der Waals surface area contributed by atoms with Crippen LogP contribution in [-0.4, -0.2) is 31.2 Å². The number of hydrogen-bond acceptors (Lipinski definition) is 4. The summed E-state index contributed by atoms with van der Waals surface area (Å²) in [6.45, 7) is 2.29. The Bertz CT molecular complexity index is 200. The monoisotopic (exact) mass is 173 g/mol. The van der Waals surface area contributed by atoms with E-state index in [1.54, 1.807) is 11.0 Å². The Kier molecular flexibility index (Phi) is 2.90. The Morgan fingerprint density at radius 1 is 1.73 bits per heavy atom. The van der Waals surface area contributed by atoms with Gasteiger partial charge in [-0.25, -0.2) is 4.98 Å². The van der Waals surface area contributed by atoms with E-state index < -0.39 is 6.10 Å². The maximum absolute atomic E-state index is 9.33. The highest BCUT2D eigenvalue weighted by atomic mass is 32.1. The normalized spacial score (nSPS) is 16.3. The minimum Gasteiger partial charge on any atom is -0.390 e. The maximum atomic E-state index is 9.33. The zero-order chi connectivity index (χ0) is 8.27. The highest BCUT2D eigenvalue weighted by Gasteiger charge is 2.10. The van der Waals surface area contributed by atoms with Crippen molar-refractivity contribution >= 4 is 12.6 Å². The summed E-state index contributed by atoms with van der Waals surface area (Å²) in [5, 5.41) is 13.1. The first-order valence-corrected chi connectivity index (χ1v) is 3.90. The molecule has 0 amide bonds. The Labute approximate surface area is 70.7 Å². The van der Waals surface area contributed by atoms with E-state index in [4.69, 9.17) is 0 Å². The predicted molar refractivity (Wildman–Crippen MR) is 44.5 cm³/mol. The summed E-state index contributed by atoms with van der Waals surface area (Å²) in [7, 11) is 0. The second-order valence-electron chi connectivity index (χ2n) is 2.43. The number of aliphatic hydroxyl groups excluding tert-OH is 1. The molecule has 0 spiro atoms. The lowest BCUT2D eigenvalue weighted by Gasteiger charge is -2.12. The number of aliphatic hydroxyl groups is 1. The van der Waals surface area contributed by atoms with Crippen LogP contribution in [0.15, 0.2) is 12.7 Å². The van der Waals surface area contributed by atoms with E-state index in [9.17, 15) is 5.11 Å². The average molecular weight is 173 g/mol. The van der Waals surface area contributed by atoms with Crippen molar-refractivity contribution in [2.24, 2.45) is 0 Å². The first-order valence-electron chi connectivity index (χ1n) is 3.38. The van der Waals surface area contributed by atoms with Crippen molar-refractivity contribution in [2.75, 3.05) is 0 Å². The highest BCUT2D eigenvalue weighted by Crippen LogP contribution is 2.02. The van der Waals surface area contributed by atoms with Crippen LogP contribution < -0.4 is 0 Å². The van der Waals surface area contributed by atoms with Crippen LogP contribution in [0.4, 0.5) is 0 Å². The largest absolute Gasteiger partial charge is 0.390 e. The van der Waals surface area contributed by atoms with Crippen LogP contribution in [-0.2, 0) is 6.54 Å². The highest BCUT2D eigenvalue weighted by molar-refractivity contribution is 7.81. The molecule has 0 aromatic carbocycles. The lowest BCUT2D eigenvalue weighted by Crippen LogP contribution is -2.24. The molecule has 0 aliphatic carbocycles. The molecule has 62 valence electrons. The molecule has 1 heterocycles. The third-order valence-corrected chi connectivity index (χ3v) is 1.74. The first-order chi connectivity index (χ1) is 5.20. The minimum atomic E-state index is -0.472. The fraction of sp³-hybridized carbons (Fsp3) is 0.667. The van der Waals surface area contributed by atoms with Crippen LogP contribution in [0, 0.1) is 0 Å². The number of rotatable bonds is 3. The lowest BCUT2D eigenvalue weighted by atomic mass is 10.3. The van der Waals surface area contributed by atoms with Crippen molar-refractivity contribution in [3.8, 4) is 0 Å². The van der Waals surface area contributed by atoms with E-state index in [1.165, 1.54) is 6.33 Å². The SMILES string of the molecule is CC(S)C(O)Cn1cncn1. The summed E-state index contributed by atoms with van der Waals surface area (Å²) in [6.07, 6.45) is 2.54. The molecule has 0 aliphatic heterocycles. The summed E-state index contributed by atoms with van der Waals surface area (Å²) in [5.74, 6) is 0. The van der Waals surface area contributed by atoms with Gasteiger partial charge < -0.3 is 5.11 Å². The fourth-order valence-corrected chi connectivity index (χ4v) is 0.765. The van der Waals surface area contributed by atoms with Gasteiger partial charge in [0.2, 0.25) is 0 Å². The van der Waals surface area contributed by atoms with E-state index in [-0.39, 0.29) is 5.25 Å². The molecule has 0 fully saturated rings. The van der Waals surface area contributed by atoms with Crippen LogP contribution in [0.2, 0.25) is 0 Å². The molecule has 2 atom stereocenters. The molecule has 0 saturated carbocycles. The number of thiol groups is 1. The molecule has 0 saturated heterocycles. The molecule has 0 aliphatic rings. The van der Waals surface area contributed by atoms with Gasteiger partial charge in [-0.1, -0.05) is 6.92 Å². The van der Waals surface area contributed by atoms with Crippen molar-refractivity contribution in [3.05, 3.63) is 12.7 Å². The van der Waals surface area contributed by atoms with E-state index in [0.717, 1.165) is 0 Å². The van der Waals surface area contributed by atoms with Gasteiger partial charge in [-0.2, -0.15) is 17.7 Å². The zero-order valence-electron chi connectivity index (χ0n) is 6.25. The van der Waals surface area contributed by atoms with Gasteiger partial charge in [0.05, 0.1) is 12.6 Å². The minimum absolute atomic E-state index is 0.0424. The topological polar surface area (TPSA) is 50.9 Å². The fourth-order valence-electron chi connectivity index (χ4n) is 0.671. The molecule has 11 heavy (non-hydrogen) atoms. The summed E-state index contributed by atoms with van der Waals surface area (Å²) in [4.78, 5) is 3.75. The molecule has 2 unspecified atom stereocenters. The van der Waals surface area contributed by atoms with Gasteiger partial charge >= 0.3 is 0 Å². The molecule has 1 aromatic rings. The third-order valence-electron chi connectivity index (χ3n) is 1.40. The molecule has 5 heteroatoms. The van der Waals surface area contributed by atoms with Gasteiger partial charge in [0.25, 0.3) is 0 Å². The lowest BCUT2D eigenvalue weighted by molar-refractivity contribution is 0.151. The van der Waals surface area contributed by atoms with E-state index in [1.807, 2.05) is 6.92 Å². The van der Waals surface area contributed by atoms with Crippen molar-refractivity contribution in [3.63, 3.8) is 0 Å². The van der Waals surface area contributed by atoms with Crippen molar-refractivity contribution in [1.29, 1.82) is 0 Å². The van der Waals surface area contributed by atoms with Gasteiger partial charge in [-0.15, -0.1) is 0 Å². The average Bonchev–Trinajstić information content (AvgIpc) is 2.39. The van der Waals surface area contributed by atoms with E-state index in [0.29, 0.717) is 6.54 Å². The summed E-state index contributed by atoms with van der Waals surface area (Å²) in [5.41, 5.74) is 0. The third kappa shape index (κ3) is 2.51. The van der Waals surface area contributed by atoms with Gasteiger partial charge in [-0.3, -0.25) is 4.68 Å². The molecule has 0 radical (unpaired) electrons. The first kappa shape index (κ1) is 8.55. The quantitative estimate of drug-likeness (QED) is 0.630. The molecule has 1 N–H and O–H groups in total. The Balaban J connectivity index is 2.43. The molecular formula is C6H11N3OS. The molecule has 1 rings (SSSR count).